The molecule has 30 heavy (non-hydrogen) atoms. The van der Waals surface area contributed by atoms with Gasteiger partial charge >= 0.3 is 6.36 Å². The molecule has 1 aromatic carbocycles. The van der Waals surface area contributed by atoms with Gasteiger partial charge in [0.1, 0.15) is 5.75 Å². The van der Waals surface area contributed by atoms with Gasteiger partial charge in [0.2, 0.25) is 0 Å². The van der Waals surface area contributed by atoms with Crippen molar-refractivity contribution in [2.75, 3.05) is 19.7 Å². The largest absolute Gasteiger partial charge is 0.573 e. The Hall–Kier alpha value is -1.23. The molecule has 0 bridgehead atoms. The fraction of sp³-hybridized carbons (Fsp3) is 0.667. The average molecular weight is 543 g/mol. The normalized spacial score (nSPS) is 19.1. The number of aliphatic hydroxyl groups excluding tert-OH is 1. The van der Waals surface area contributed by atoms with Crippen molar-refractivity contribution in [3.63, 3.8) is 0 Å². The molecule has 1 fully saturated rings. The summed E-state index contributed by atoms with van der Waals surface area (Å²) in [5, 5.41) is 15.9. The van der Waals surface area contributed by atoms with Crippen LogP contribution in [0.25, 0.3) is 0 Å². The Labute approximate surface area is 193 Å². The van der Waals surface area contributed by atoms with E-state index in [9.17, 15) is 18.3 Å². The van der Waals surface area contributed by atoms with Crippen LogP contribution in [0.4, 0.5) is 13.2 Å². The zero-order valence-electron chi connectivity index (χ0n) is 17.8. The molecule has 1 aliphatic carbocycles. The van der Waals surface area contributed by atoms with Crippen LogP contribution in [0.3, 0.4) is 0 Å². The lowest BCUT2D eigenvalue weighted by Gasteiger charge is -2.29. The van der Waals surface area contributed by atoms with Crippen molar-refractivity contribution in [3.05, 3.63) is 29.8 Å². The second-order valence-corrected chi connectivity index (χ2v) is 7.55. The molecular formula is C21H33F3IN3O2. The zero-order chi connectivity index (χ0) is 21.5. The fourth-order valence-corrected chi connectivity index (χ4v) is 3.59. The minimum atomic E-state index is -4.71. The second kappa shape index (κ2) is 12.0. The Morgan fingerprint density at radius 1 is 1.20 bits per heavy atom. The summed E-state index contributed by atoms with van der Waals surface area (Å²) < 4.78 is 42.2. The number of guanidine groups is 1. The van der Waals surface area contributed by atoms with Crippen LogP contribution in [0.5, 0.6) is 5.75 Å². The van der Waals surface area contributed by atoms with Crippen molar-refractivity contribution in [1.29, 1.82) is 0 Å². The summed E-state index contributed by atoms with van der Waals surface area (Å²) >= 11 is 0. The Bertz CT molecular complexity index is 682. The summed E-state index contributed by atoms with van der Waals surface area (Å²) in [5.41, 5.74) is 0.502. The van der Waals surface area contributed by atoms with E-state index in [1.807, 2.05) is 6.92 Å². The molecule has 172 valence electrons. The quantitative estimate of drug-likeness (QED) is 0.225. The molecule has 1 saturated carbocycles. The molecular weight excluding hydrogens is 510 g/mol. The molecule has 0 heterocycles. The van der Waals surface area contributed by atoms with Crippen LogP contribution in [0, 0.1) is 5.41 Å². The minimum absolute atomic E-state index is 0. The van der Waals surface area contributed by atoms with Crippen molar-refractivity contribution in [2.45, 2.75) is 64.8 Å². The number of benzene rings is 1. The first-order valence-corrected chi connectivity index (χ1v) is 10.3. The Balaban J connectivity index is 0.00000450. The molecule has 0 aromatic heterocycles. The van der Waals surface area contributed by atoms with E-state index in [1.165, 1.54) is 12.1 Å². The first-order valence-electron chi connectivity index (χ1n) is 10.3. The molecule has 0 saturated heterocycles. The fourth-order valence-electron chi connectivity index (χ4n) is 3.59. The molecule has 1 aliphatic rings. The predicted octanol–water partition coefficient (Wildman–Crippen LogP) is 4.80. The van der Waals surface area contributed by atoms with E-state index < -0.39 is 6.36 Å². The lowest BCUT2D eigenvalue weighted by Crippen LogP contribution is -2.40. The van der Waals surface area contributed by atoms with Crippen LogP contribution in [-0.2, 0) is 0 Å². The van der Waals surface area contributed by atoms with Crippen molar-refractivity contribution < 1.29 is 23.0 Å². The van der Waals surface area contributed by atoms with Crippen LogP contribution in [0.15, 0.2) is 29.3 Å². The van der Waals surface area contributed by atoms with E-state index in [4.69, 9.17) is 4.99 Å². The van der Waals surface area contributed by atoms with E-state index >= 15 is 0 Å². The standard InChI is InChI=1S/C21H32F3N3O2.HI/c1-4-20(5-2,11-12-28)14-26-19(25-6-3)27-17-13-16(17)15-9-7-8-10-18(15)29-21(22,23)24;/h7-10,16-17,28H,4-6,11-14H2,1-3H3,(H2,25,26,27);1H. The van der Waals surface area contributed by atoms with Crippen LogP contribution in [-0.4, -0.2) is 43.2 Å². The van der Waals surface area contributed by atoms with Gasteiger partial charge in [-0.3, -0.25) is 4.99 Å². The van der Waals surface area contributed by atoms with Gasteiger partial charge in [-0.25, -0.2) is 0 Å². The monoisotopic (exact) mass is 543 g/mol. The maximum Gasteiger partial charge on any atom is 0.573 e. The first kappa shape index (κ1) is 26.8. The SMILES string of the molecule is CCNC(=NCC(CC)(CC)CCO)NC1CC1c1ccccc1OC(F)(F)F.I. The second-order valence-electron chi connectivity index (χ2n) is 7.55. The molecule has 2 unspecified atom stereocenters. The van der Waals surface area contributed by atoms with Crippen molar-refractivity contribution >= 4 is 29.9 Å². The van der Waals surface area contributed by atoms with Crippen molar-refractivity contribution in [3.8, 4) is 5.75 Å². The van der Waals surface area contributed by atoms with Gasteiger partial charge in [0.15, 0.2) is 5.96 Å². The number of rotatable bonds is 10. The van der Waals surface area contributed by atoms with Gasteiger partial charge in [0, 0.05) is 31.7 Å². The summed E-state index contributed by atoms with van der Waals surface area (Å²) in [6, 6.07) is 6.29. The molecule has 2 rings (SSSR count). The first-order chi connectivity index (χ1) is 13.8. The van der Waals surface area contributed by atoms with Gasteiger partial charge in [-0.15, -0.1) is 37.1 Å². The van der Waals surface area contributed by atoms with Gasteiger partial charge in [-0.2, -0.15) is 0 Å². The number of alkyl halides is 3. The van der Waals surface area contributed by atoms with Crippen LogP contribution >= 0.6 is 24.0 Å². The highest BCUT2D eigenvalue weighted by atomic mass is 127. The Morgan fingerprint density at radius 3 is 2.43 bits per heavy atom. The molecule has 2 atom stereocenters. The van der Waals surface area contributed by atoms with Gasteiger partial charge in [0.05, 0.1) is 0 Å². The average Bonchev–Trinajstić information content (AvgIpc) is 3.43. The smallest absolute Gasteiger partial charge is 0.405 e. The Morgan fingerprint density at radius 2 is 1.87 bits per heavy atom. The molecule has 0 amide bonds. The van der Waals surface area contributed by atoms with Gasteiger partial charge < -0.3 is 20.5 Å². The van der Waals surface area contributed by atoms with E-state index in [-0.39, 0.29) is 53.7 Å². The van der Waals surface area contributed by atoms with E-state index in [1.54, 1.807) is 12.1 Å². The molecule has 0 radical (unpaired) electrons. The topological polar surface area (TPSA) is 65.9 Å². The van der Waals surface area contributed by atoms with E-state index in [0.717, 1.165) is 12.8 Å². The van der Waals surface area contributed by atoms with Crippen molar-refractivity contribution in [2.24, 2.45) is 10.4 Å². The predicted molar refractivity (Wildman–Crippen MR) is 124 cm³/mol. The highest BCUT2D eigenvalue weighted by Crippen LogP contribution is 2.45. The van der Waals surface area contributed by atoms with Crippen LogP contribution in [0.2, 0.25) is 0 Å². The van der Waals surface area contributed by atoms with E-state index in [2.05, 4.69) is 29.2 Å². The maximum atomic E-state index is 12.7. The summed E-state index contributed by atoms with van der Waals surface area (Å²) in [7, 11) is 0. The molecule has 1 aromatic rings. The number of nitrogens with zero attached hydrogens (tertiary/aromatic N) is 1. The Kier molecular flexibility index (Phi) is 10.7. The summed E-state index contributed by atoms with van der Waals surface area (Å²) in [6.07, 6.45) is -1.47. The number of aliphatic imine (C=N–C) groups is 1. The van der Waals surface area contributed by atoms with Crippen LogP contribution < -0.4 is 15.4 Å². The van der Waals surface area contributed by atoms with Crippen molar-refractivity contribution in [1.82, 2.24) is 10.6 Å². The lowest BCUT2D eigenvalue weighted by molar-refractivity contribution is -0.274. The summed E-state index contributed by atoms with van der Waals surface area (Å²) in [5.74, 6) is 0.450. The number of halogens is 4. The third kappa shape index (κ3) is 7.79. The lowest BCUT2D eigenvalue weighted by atomic mass is 9.79. The van der Waals surface area contributed by atoms with Crippen LogP contribution in [0.1, 0.15) is 57.9 Å². The van der Waals surface area contributed by atoms with E-state index in [0.29, 0.717) is 37.5 Å². The third-order valence-corrected chi connectivity index (χ3v) is 5.72. The molecule has 9 heteroatoms. The number of hydrogen-bond donors (Lipinski definition) is 3. The minimum Gasteiger partial charge on any atom is -0.405 e. The maximum absolute atomic E-state index is 12.7. The number of aliphatic hydroxyl groups is 1. The highest BCUT2D eigenvalue weighted by molar-refractivity contribution is 14.0. The number of nitrogens with one attached hydrogen (secondary N) is 2. The number of ether oxygens (including phenoxy) is 1. The molecule has 0 aliphatic heterocycles. The zero-order valence-corrected chi connectivity index (χ0v) is 20.1. The van der Waals surface area contributed by atoms with Gasteiger partial charge in [-0.1, -0.05) is 32.0 Å². The number of hydrogen-bond acceptors (Lipinski definition) is 3. The summed E-state index contributed by atoms with van der Waals surface area (Å²) in [4.78, 5) is 4.71. The molecule has 0 spiro atoms. The number of para-hydroxylation sites is 1. The molecule has 5 nitrogen and oxygen atoms in total. The highest BCUT2D eigenvalue weighted by Gasteiger charge is 2.42. The third-order valence-electron chi connectivity index (χ3n) is 5.72. The summed E-state index contributed by atoms with van der Waals surface area (Å²) in [6.45, 7) is 7.56. The van der Waals surface area contributed by atoms with Gasteiger partial charge in [0.25, 0.3) is 0 Å². The molecule has 3 N–H and O–H groups in total. The van der Waals surface area contributed by atoms with Gasteiger partial charge in [-0.05, 0) is 49.7 Å².